The Labute approximate surface area is 124 Å². The van der Waals surface area contributed by atoms with E-state index in [-0.39, 0.29) is 22.9 Å². The molecule has 0 atom stereocenters. The second-order valence-corrected chi connectivity index (χ2v) is 4.69. The fourth-order valence-corrected chi connectivity index (χ4v) is 2.12. The number of carbonyl (C=O) groups excluding carboxylic acids is 1. The number of hydrogen-bond donors (Lipinski definition) is 1. The molecule has 0 amide bonds. The summed E-state index contributed by atoms with van der Waals surface area (Å²) < 4.78 is 32.9. The maximum atomic E-state index is 13.8. The van der Waals surface area contributed by atoms with E-state index in [9.17, 15) is 13.6 Å². The Kier molecular flexibility index (Phi) is 3.25. The molecule has 2 aromatic heterocycles. The van der Waals surface area contributed by atoms with Crippen LogP contribution in [0.5, 0.6) is 0 Å². The number of benzene rings is 1. The number of aryl methyl sites for hydroxylation is 1. The molecule has 0 radical (unpaired) electrons. The number of aromatic nitrogens is 2. The van der Waals surface area contributed by atoms with Gasteiger partial charge in [-0.05, 0) is 25.1 Å². The van der Waals surface area contributed by atoms with Crippen molar-refractivity contribution in [1.29, 1.82) is 0 Å². The first-order chi connectivity index (χ1) is 10.5. The van der Waals surface area contributed by atoms with E-state index in [1.165, 1.54) is 24.6 Å². The van der Waals surface area contributed by atoms with E-state index in [1.54, 1.807) is 6.92 Å². The minimum Gasteiger partial charge on any atom is -0.469 e. The smallest absolute Gasteiger partial charge is 0.201 e. The molecule has 2 heterocycles. The van der Waals surface area contributed by atoms with Crippen molar-refractivity contribution in [1.82, 2.24) is 9.78 Å². The van der Waals surface area contributed by atoms with E-state index >= 15 is 0 Å². The minimum atomic E-state index is -0.805. The first kappa shape index (κ1) is 14.0. The molecule has 0 fully saturated rings. The van der Waals surface area contributed by atoms with Crippen LogP contribution in [0.2, 0.25) is 0 Å². The molecule has 0 aliphatic rings. The molecule has 22 heavy (non-hydrogen) atoms. The Balaban J connectivity index is 2.04. The molecule has 0 aliphatic heterocycles. The Bertz CT molecular complexity index is 868. The van der Waals surface area contributed by atoms with Gasteiger partial charge in [-0.3, -0.25) is 4.79 Å². The largest absolute Gasteiger partial charge is 0.469 e. The average molecular weight is 303 g/mol. The lowest BCUT2D eigenvalue weighted by Crippen LogP contribution is -2.03. The molecule has 0 saturated carbocycles. The van der Waals surface area contributed by atoms with Crippen molar-refractivity contribution in [2.45, 2.75) is 6.92 Å². The summed E-state index contributed by atoms with van der Waals surface area (Å²) in [7, 11) is 0. The molecule has 0 aliphatic carbocycles. The highest BCUT2D eigenvalue weighted by Crippen LogP contribution is 2.22. The maximum absolute atomic E-state index is 13.8. The van der Waals surface area contributed by atoms with Crippen molar-refractivity contribution in [3.63, 3.8) is 0 Å². The first-order valence-corrected chi connectivity index (χ1v) is 6.36. The quantitative estimate of drug-likeness (QED) is 0.755. The molecule has 3 aromatic rings. The van der Waals surface area contributed by atoms with E-state index in [0.717, 1.165) is 16.8 Å². The van der Waals surface area contributed by atoms with E-state index in [2.05, 4.69) is 5.10 Å². The highest BCUT2D eigenvalue weighted by molar-refractivity contribution is 6.12. The predicted molar refractivity (Wildman–Crippen MR) is 74.8 cm³/mol. The summed E-state index contributed by atoms with van der Waals surface area (Å²) in [4.78, 5) is 12.4. The number of anilines is 1. The minimum absolute atomic E-state index is 0.00364. The maximum Gasteiger partial charge on any atom is 0.201 e. The number of ketones is 1. The van der Waals surface area contributed by atoms with Crippen molar-refractivity contribution < 1.29 is 18.0 Å². The van der Waals surface area contributed by atoms with E-state index in [0.29, 0.717) is 11.3 Å². The molecular formula is C15H11F2N3O2. The Morgan fingerprint density at radius 1 is 1.27 bits per heavy atom. The second-order valence-electron chi connectivity index (χ2n) is 4.69. The van der Waals surface area contributed by atoms with Gasteiger partial charge in [0.25, 0.3) is 0 Å². The van der Waals surface area contributed by atoms with Crippen LogP contribution in [0.15, 0.2) is 41.1 Å². The third-order valence-electron chi connectivity index (χ3n) is 3.25. The van der Waals surface area contributed by atoms with Gasteiger partial charge in [0.15, 0.2) is 11.6 Å². The van der Waals surface area contributed by atoms with Gasteiger partial charge in [-0.25, -0.2) is 13.5 Å². The molecule has 2 N–H and O–H groups in total. The van der Waals surface area contributed by atoms with Crippen LogP contribution in [-0.2, 0) is 0 Å². The summed E-state index contributed by atoms with van der Waals surface area (Å²) in [5.74, 6) is -1.48. The van der Waals surface area contributed by atoms with Gasteiger partial charge in [-0.1, -0.05) is 0 Å². The summed E-state index contributed by atoms with van der Waals surface area (Å²) in [6.45, 7) is 1.65. The number of furan rings is 1. The molecule has 1 aromatic carbocycles. The lowest BCUT2D eigenvalue weighted by atomic mass is 10.1. The predicted octanol–water partition coefficient (Wildman–Crippen LogP) is 2.87. The van der Waals surface area contributed by atoms with Gasteiger partial charge in [0, 0.05) is 12.3 Å². The SMILES string of the molecule is Cc1occc1C(=O)c1cn(-c2ccc(F)cc2F)nc1N. The topological polar surface area (TPSA) is 74.0 Å². The number of nitrogens with two attached hydrogens (primary N) is 1. The van der Waals surface area contributed by atoms with Crippen molar-refractivity contribution in [3.05, 3.63) is 65.2 Å². The van der Waals surface area contributed by atoms with Crippen molar-refractivity contribution in [3.8, 4) is 5.69 Å². The lowest BCUT2D eigenvalue weighted by molar-refractivity contribution is 0.103. The lowest BCUT2D eigenvalue weighted by Gasteiger charge is -2.02. The number of halogens is 2. The van der Waals surface area contributed by atoms with Gasteiger partial charge < -0.3 is 10.2 Å². The zero-order valence-corrected chi connectivity index (χ0v) is 11.5. The summed E-state index contributed by atoms with van der Waals surface area (Å²) in [5, 5.41) is 3.91. The molecule has 0 saturated heterocycles. The summed E-state index contributed by atoms with van der Waals surface area (Å²) >= 11 is 0. The van der Waals surface area contributed by atoms with Crippen molar-refractivity contribution >= 4 is 11.6 Å². The molecule has 0 bridgehead atoms. The van der Waals surface area contributed by atoms with Crippen LogP contribution in [0.4, 0.5) is 14.6 Å². The van der Waals surface area contributed by atoms with Crippen LogP contribution in [-0.4, -0.2) is 15.6 Å². The molecule has 7 heteroatoms. The van der Waals surface area contributed by atoms with Crippen LogP contribution in [0, 0.1) is 18.6 Å². The number of nitrogen functional groups attached to an aromatic ring is 1. The zero-order valence-electron chi connectivity index (χ0n) is 11.5. The van der Waals surface area contributed by atoms with E-state index in [4.69, 9.17) is 10.2 Å². The summed E-state index contributed by atoms with van der Waals surface area (Å²) in [5.41, 5.74) is 6.20. The normalized spacial score (nSPS) is 10.9. The van der Waals surface area contributed by atoms with Gasteiger partial charge >= 0.3 is 0 Å². The Morgan fingerprint density at radius 3 is 2.68 bits per heavy atom. The van der Waals surface area contributed by atoms with Crippen LogP contribution < -0.4 is 5.73 Å². The zero-order chi connectivity index (χ0) is 15.9. The highest BCUT2D eigenvalue weighted by Gasteiger charge is 2.20. The highest BCUT2D eigenvalue weighted by atomic mass is 19.1. The fourth-order valence-electron chi connectivity index (χ4n) is 2.12. The summed E-state index contributed by atoms with van der Waals surface area (Å²) in [6.07, 6.45) is 2.70. The fraction of sp³-hybridized carbons (Fsp3) is 0.0667. The third-order valence-corrected chi connectivity index (χ3v) is 3.25. The molecule has 3 rings (SSSR count). The van der Waals surface area contributed by atoms with Crippen LogP contribution in [0.1, 0.15) is 21.7 Å². The second kappa shape index (κ2) is 5.10. The summed E-state index contributed by atoms with van der Waals surface area (Å²) in [6, 6.07) is 4.56. The van der Waals surface area contributed by atoms with Gasteiger partial charge in [0.1, 0.15) is 17.3 Å². The third kappa shape index (κ3) is 2.26. The number of hydrogen-bond acceptors (Lipinski definition) is 4. The molecule has 0 spiro atoms. The molecular weight excluding hydrogens is 292 g/mol. The van der Waals surface area contributed by atoms with Gasteiger partial charge in [0.05, 0.1) is 17.4 Å². The van der Waals surface area contributed by atoms with Crippen LogP contribution in [0.3, 0.4) is 0 Å². The Morgan fingerprint density at radius 2 is 2.05 bits per heavy atom. The van der Waals surface area contributed by atoms with E-state index in [1.807, 2.05) is 0 Å². The molecule has 0 unspecified atom stereocenters. The van der Waals surface area contributed by atoms with Crippen LogP contribution in [0.25, 0.3) is 5.69 Å². The monoisotopic (exact) mass is 303 g/mol. The number of rotatable bonds is 3. The van der Waals surface area contributed by atoms with E-state index < -0.39 is 11.6 Å². The molecule has 112 valence electrons. The van der Waals surface area contributed by atoms with Gasteiger partial charge in [0.2, 0.25) is 5.78 Å². The standard InChI is InChI=1S/C15H11F2N3O2/c1-8-10(4-5-22-8)14(21)11-7-20(19-15(11)18)13-3-2-9(16)6-12(13)17/h2-7H,1H3,(H2,18,19). The van der Waals surface area contributed by atoms with Crippen LogP contribution >= 0.6 is 0 Å². The number of nitrogens with zero attached hydrogens (tertiary/aromatic N) is 2. The first-order valence-electron chi connectivity index (χ1n) is 6.36. The van der Waals surface area contributed by atoms with Crippen molar-refractivity contribution in [2.24, 2.45) is 0 Å². The van der Waals surface area contributed by atoms with Gasteiger partial charge in [-0.15, -0.1) is 5.10 Å². The average Bonchev–Trinajstić information content (AvgIpc) is 3.04. The number of carbonyl (C=O) groups is 1. The molecule has 5 nitrogen and oxygen atoms in total. The Hall–Kier alpha value is -2.96. The van der Waals surface area contributed by atoms with Gasteiger partial charge in [-0.2, -0.15) is 0 Å². The van der Waals surface area contributed by atoms with Crippen molar-refractivity contribution in [2.75, 3.05) is 5.73 Å².